The third-order valence-electron chi connectivity index (χ3n) is 4.02. The molecule has 0 aromatic heterocycles. The summed E-state index contributed by atoms with van der Waals surface area (Å²) in [5.41, 5.74) is 0.625. The van der Waals surface area contributed by atoms with E-state index < -0.39 is 0 Å². The molecule has 0 bridgehead atoms. The summed E-state index contributed by atoms with van der Waals surface area (Å²) in [6.45, 7) is 6.99. The van der Waals surface area contributed by atoms with Crippen LogP contribution in [0.5, 0.6) is 0 Å². The number of rotatable bonds is 4. The fraction of sp³-hybridized carbons (Fsp3) is 0.533. The van der Waals surface area contributed by atoms with Gasteiger partial charge in [-0.15, -0.1) is 0 Å². The van der Waals surface area contributed by atoms with Crippen molar-refractivity contribution in [3.63, 3.8) is 0 Å². The number of hydrogen-bond acceptors (Lipinski definition) is 2. The number of amides is 1. The average Bonchev–Trinajstić information content (AvgIpc) is 2.40. The van der Waals surface area contributed by atoms with Gasteiger partial charge in [0.1, 0.15) is 0 Å². The SMILES string of the molecule is CCOC1CC(NC(=O)c2cc(Br)ccc2Br)C1(C)C. The molecule has 0 radical (unpaired) electrons. The van der Waals surface area contributed by atoms with Crippen LogP contribution in [0, 0.1) is 5.41 Å². The first-order chi connectivity index (χ1) is 9.36. The normalized spacial score (nSPS) is 24.1. The van der Waals surface area contributed by atoms with E-state index in [0.717, 1.165) is 15.4 Å². The molecule has 5 heteroatoms. The van der Waals surface area contributed by atoms with Crippen molar-refractivity contribution in [2.45, 2.75) is 39.3 Å². The number of nitrogens with one attached hydrogen (secondary N) is 1. The van der Waals surface area contributed by atoms with E-state index in [1.54, 1.807) is 0 Å². The molecular formula is C15H19Br2NO2. The number of benzene rings is 1. The fourth-order valence-corrected chi connectivity index (χ4v) is 3.31. The number of hydrogen-bond donors (Lipinski definition) is 1. The van der Waals surface area contributed by atoms with E-state index in [9.17, 15) is 4.79 Å². The summed E-state index contributed by atoms with van der Waals surface area (Å²) >= 11 is 6.81. The van der Waals surface area contributed by atoms with E-state index in [2.05, 4.69) is 51.0 Å². The van der Waals surface area contributed by atoms with E-state index in [1.165, 1.54) is 0 Å². The van der Waals surface area contributed by atoms with Crippen LogP contribution >= 0.6 is 31.9 Å². The van der Waals surface area contributed by atoms with Gasteiger partial charge in [-0.25, -0.2) is 0 Å². The number of carbonyl (C=O) groups excluding carboxylic acids is 1. The Bertz CT molecular complexity index is 517. The lowest BCUT2D eigenvalue weighted by Gasteiger charge is -2.51. The molecule has 2 rings (SSSR count). The smallest absolute Gasteiger partial charge is 0.252 e. The molecule has 1 aromatic rings. The van der Waals surface area contributed by atoms with Gasteiger partial charge in [0.15, 0.2) is 0 Å². The second-order valence-electron chi connectivity index (χ2n) is 5.65. The number of carbonyl (C=O) groups is 1. The third kappa shape index (κ3) is 3.10. The number of halogens is 2. The van der Waals surface area contributed by atoms with Crippen LogP contribution < -0.4 is 5.32 Å². The summed E-state index contributed by atoms with van der Waals surface area (Å²) in [7, 11) is 0. The highest BCUT2D eigenvalue weighted by molar-refractivity contribution is 9.11. The monoisotopic (exact) mass is 403 g/mol. The summed E-state index contributed by atoms with van der Waals surface area (Å²) in [4.78, 5) is 12.4. The molecule has 20 heavy (non-hydrogen) atoms. The Morgan fingerprint density at radius 1 is 1.45 bits per heavy atom. The molecule has 1 N–H and O–H groups in total. The maximum absolute atomic E-state index is 12.4. The molecule has 3 nitrogen and oxygen atoms in total. The first-order valence-corrected chi connectivity index (χ1v) is 8.32. The summed E-state index contributed by atoms with van der Waals surface area (Å²) < 4.78 is 7.38. The van der Waals surface area contributed by atoms with Crippen LogP contribution in [0.1, 0.15) is 37.6 Å². The molecule has 2 atom stereocenters. The van der Waals surface area contributed by atoms with Crippen LogP contribution in [0.25, 0.3) is 0 Å². The van der Waals surface area contributed by atoms with Gasteiger partial charge in [-0.1, -0.05) is 29.8 Å². The number of ether oxygens (including phenoxy) is 1. The molecule has 1 saturated carbocycles. The Kier molecular flexibility index (Phi) is 4.92. The minimum atomic E-state index is -0.0498. The van der Waals surface area contributed by atoms with Gasteiger partial charge in [0.25, 0.3) is 5.91 Å². The van der Waals surface area contributed by atoms with E-state index in [-0.39, 0.29) is 23.5 Å². The van der Waals surface area contributed by atoms with Gasteiger partial charge in [0.2, 0.25) is 0 Å². The van der Waals surface area contributed by atoms with E-state index in [4.69, 9.17) is 4.74 Å². The lowest BCUT2D eigenvalue weighted by atomic mass is 9.64. The summed E-state index contributed by atoms with van der Waals surface area (Å²) in [5.74, 6) is -0.0498. The first-order valence-electron chi connectivity index (χ1n) is 6.73. The Morgan fingerprint density at radius 2 is 2.15 bits per heavy atom. The largest absolute Gasteiger partial charge is 0.378 e. The van der Waals surface area contributed by atoms with Gasteiger partial charge in [-0.05, 0) is 47.5 Å². The molecule has 2 unspecified atom stereocenters. The quantitative estimate of drug-likeness (QED) is 0.818. The van der Waals surface area contributed by atoms with Crippen molar-refractivity contribution in [3.05, 3.63) is 32.7 Å². The molecule has 1 aliphatic rings. The summed E-state index contributed by atoms with van der Waals surface area (Å²) in [6.07, 6.45) is 1.10. The van der Waals surface area contributed by atoms with Crippen LogP contribution in [0.2, 0.25) is 0 Å². The van der Waals surface area contributed by atoms with E-state index >= 15 is 0 Å². The van der Waals surface area contributed by atoms with Crippen LogP contribution in [0.15, 0.2) is 27.1 Å². The van der Waals surface area contributed by atoms with Gasteiger partial charge in [-0.2, -0.15) is 0 Å². The van der Waals surface area contributed by atoms with Crippen LogP contribution in [-0.4, -0.2) is 24.7 Å². The highest BCUT2D eigenvalue weighted by atomic mass is 79.9. The van der Waals surface area contributed by atoms with E-state index in [0.29, 0.717) is 12.2 Å². The molecule has 1 amide bonds. The zero-order valence-electron chi connectivity index (χ0n) is 11.9. The minimum absolute atomic E-state index is 0.0237. The molecule has 0 saturated heterocycles. The second-order valence-corrected chi connectivity index (χ2v) is 7.42. The van der Waals surface area contributed by atoms with Gasteiger partial charge < -0.3 is 10.1 Å². The molecule has 0 spiro atoms. The molecule has 0 aliphatic heterocycles. The zero-order valence-corrected chi connectivity index (χ0v) is 15.0. The summed E-state index contributed by atoms with van der Waals surface area (Å²) in [5, 5.41) is 3.11. The lowest BCUT2D eigenvalue weighted by molar-refractivity contribution is -0.111. The van der Waals surface area contributed by atoms with Gasteiger partial charge in [0, 0.05) is 27.0 Å². The van der Waals surface area contributed by atoms with Gasteiger partial charge in [0.05, 0.1) is 11.7 Å². The van der Waals surface area contributed by atoms with Crippen molar-refractivity contribution in [3.8, 4) is 0 Å². The van der Waals surface area contributed by atoms with Gasteiger partial charge >= 0.3 is 0 Å². The highest BCUT2D eigenvalue weighted by Crippen LogP contribution is 2.42. The second kappa shape index (κ2) is 6.16. The van der Waals surface area contributed by atoms with Crippen molar-refractivity contribution in [2.24, 2.45) is 5.41 Å². The predicted octanol–water partition coefficient (Wildman–Crippen LogP) is 4.15. The van der Waals surface area contributed by atoms with Crippen molar-refractivity contribution in [1.29, 1.82) is 0 Å². The van der Waals surface area contributed by atoms with Crippen LogP contribution in [-0.2, 0) is 4.74 Å². The average molecular weight is 405 g/mol. The summed E-state index contributed by atoms with van der Waals surface area (Å²) in [6, 6.07) is 5.75. The highest BCUT2D eigenvalue weighted by Gasteiger charge is 2.49. The maximum Gasteiger partial charge on any atom is 0.252 e. The lowest BCUT2D eigenvalue weighted by Crippen LogP contribution is -2.62. The van der Waals surface area contributed by atoms with Crippen LogP contribution in [0.4, 0.5) is 0 Å². The Balaban J connectivity index is 2.05. The molecular weight excluding hydrogens is 386 g/mol. The van der Waals surface area contributed by atoms with Crippen molar-refractivity contribution in [2.75, 3.05) is 6.61 Å². The molecule has 0 heterocycles. The van der Waals surface area contributed by atoms with Crippen molar-refractivity contribution in [1.82, 2.24) is 5.32 Å². The van der Waals surface area contributed by atoms with E-state index in [1.807, 2.05) is 25.1 Å². The molecule has 1 aromatic carbocycles. The first kappa shape index (κ1) is 16.0. The maximum atomic E-state index is 12.4. The van der Waals surface area contributed by atoms with Crippen molar-refractivity contribution < 1.29 is 9.53 Å². The molecule has 1 fully saturated rings. The Hall–Kier alpha value is -0.390. The van der Waals surface area contributed by atoms with Crippen LogP contribution in [0.3, 0.4) is 0 Å². The topological polar surface area (TPSA) is 38.3 Å². The Morgan fingerprint density at radius 3 is 2.75 bits per heavy atom. The third-order valence-corrected chi connectivity index (χ3v) is 5.21. The standard InChI is InChI=1S/C15H19Br2NO2/c1-4-20-13-8-12(15(13,2)3)18-14(19)10-7-9(16)5-6-11(10)17/h5-7,12-13H,4,8H2,1-3H3,(H,18,19). The minimum Gasteiger partial charge on any atom is -0.378 e. The van der Waals surface area contributed by atoms with Gasteiger partial charge in [-0.3, -0.25) is 4.79 Å². The molecule has 1 aliphatic carbocycles. The van der Waals surface area contributed by atoms with Crippen molar-refractivity contribution >= 4 is 37.8 Å². The zero-order chi connectivity index (χ0) is 14.9. The Labute approximate surface area is 136 Å². The predicted molar refractivity (Wildman–Crippen MR) is 86.9 cm³/mol. The molecule has 110 valence electrons. The fourth-order valence-electron chi connectivity index (χ4n) is 2.52.